The van der Waals surface area contributed by atoms with E-state index in [1.807, 2.05) is 0 Å². The highest BCUT2D eigenvalue weighted by molar-refractivity contribution is 5.13. The Morgan fingerprint density at radius 3 is 2.67 bits per heavy atom. The van der Waals surface area contributed by atoms with E-state index in [2.05, 4.69) is 20.4 Å². The third-order valence-electron chi connectivity index (χ3n) is 3.68. The number of hydrogen-bond acceptors (Lipinski definition) is 1. The summed E-state index contributed by atoms with van der Waals surface area (Å²) in [6, 6.07) is 0. The van der Waals surface area contributed by atoms with Crippen LogP contribution in [0.1, 0.15) is 33.1 Å². The number of allylic oxidation sites excluding steroid dienone is 1. The second kappa shape index (κ2) is 2.35. The molecule has 0 aromatic rings. The molecule has 68 valence electrons. The van der Waals surface area contributed by atoms with E-state index >= 15 is 0 Å². The molecule has 2 aliphatic rings. The predicted octanol–water partition coefficient (Wildman–Crippen LogP) is 2.36. The van der Waals surface area contributed by atoms with Gasteiger partial charge in [0.2, 0.25) is 0 Å². The first-order valence-corrected chi connectivity index (χ1v) is 4.85. The molecule has 0 saturated heterocycles. The van der Waals surface area contributed by atoms with Gasteiger partial charge in [-0.15, -0.1) is 0 Å². The van der Waals surface area contributed by atoms with Crippen molar-refractivity contribution in [3.05, 3.63) is 12.2 Å². The highest BCUT2D eigenvalue weighted by Gasteiger charge is 2.49. The predicted molar refractivity (Wildman–Crippen MR) is 49.8 cm³/mol. The summed E-state index contributed by atoms with van der Waals surface area (Å²) in [5.41, 5.74) is 1.50. The van der Waals surface area contributed by atoms with Crippen LogP contribution >= 0.6 is 0 Å². The van der Waals surface area contributed by atoms with Crippen LogP contribution in [0, 0.1) is 17.3 Å². The van der Waals surface area contributed by atoms with E-state index in [9.17, 15) is 5.11 Å². The quantitative estimate of drug-likeness (QED) is 0.548. The standard InChI is InChI=1S/C11H18O/c1-7-4-8-6-11(2,3)10(12)9(8)5-7/h8-10,12H,1,4-6H2,2-3H3. The molecule has 0 aliphatic heterocycles. The normalized spacial score (nSPS) is 44.9. The molecule has 0 amide bonds. The van der Waals surface area contributed by atoms with Gasteiger partial charge in [0, 0.05) is 0 Å². The minimum Gasteiger partial charge on any atom is -0.392 e. The van der Waals surface area contributed by atoms with Crippen molar-refractivity contribution < 1.29 is 5.11 Å². The Bertz CT molecular complexity index is 217. The van der Waals surface area contributed by atoms with Crippen molar-refractivity contribution in [3.8, 4) is 0 Å². The molecule has 12 heavy (non-hydrogen) atoms. The lowest BCUT2D eigenvalue weighted by Gasteiger charge is -2.25. The number of fused-ring (bicyclic) bond motifs is 1. The molecule has 1 nitrogen and oxygen atoms in total. The molecular weight excluding hydrogens is 148 g/mol. The van der Waals surface area contributed by atoms with E-state index < -0.39 is 0 Å². The van der Waals surface area contributed by atoms with Gasteiger partial charge in [-0.25, -0.2) is 0 Å². The van der Waals surface area contributed by atoms with Crippen LogP contribution in [0.25, 0.3) is 0 Å². The summed E-state index contributed by atoms with van der Waals surface area (Å²) < 4.78 is 0. The zero-order chi connectivity index (χ0) is 8.93. The van der Waals surface area contributed by atoms with Crippen molar-refractivity contribution in [3.63, 3.8) is 0 Å². The Balaban J connectivity index is 2.19. The SMILES string of the molecule is C=C1CC2CC(C)(C)C(O)C2C1. The van der Waals surface area contributed by atoms with Crippen LogP contribution in [0.15, 0.2) is 12.2 Å². The summed E-state index contributed by atoms with van der Waals surface area (Å²) >= 11 is 0. The van der Waals surface area contributed by atoms with Crippen LogP contribution in [0.4, 0.5) is 0 Å². The van der Waals surface area contributed by atoms with Gasteiger partial charge in [-0.2, -0.15) is 0 Å². The third-order valence-corrected chi connectivity index (χ3v) is 3.68. The van der Waals surface area contributed by atoms with Gasteiger partial charge in [-0.05, 0) is 36.5 Å². The van der Waals surface area contributed by atoms with Gasteiger partial charge in [0.25, 0.3) is 0 Å². The molecule has 2 rings (SSSR count). The third kappa shape index (κ3) is 1.03. The van der Waals surface area contributed by atoms with Crippen LogP contribution < -0.4 is 0 Å². The molecule has 3 unspecified atom stereocenters. The smallest absolute Gasteiger partial charge is 0.0625 e. The largest absolute Gasteiger partial charge is 0.392 e. The molecular formula is C11H18O. The Hall–Kier alpha value is -0.300. The van der Waals surface area contributed by atoms with Gasteiger partial charge < -0.3 is 5.11 Å². The molecule has 0 aromatic heterocycles. The first-order chi connectivity index (χ1) is 5.50. The summed E-state index contributed by atoms with van der Waals surface area (Å²) in [6.45, 7) is 8.37. The average molecular weight is 166 g/mol. The topological polar surface area (TPSA) is 20.2 Å². The van der Waals surface area contributed by atoms with Crippen molar-refractivity contribution >= 4 is 0 Å². The lowest BCUT2D eigenvalue weighted by atomic mass is 9.85. The fourth-order valence-electron chi connectivity index (χ4n) is 3.07. The molecule has 2 saturated carbocycles. The van der Waals surface area contributed by atoms with Crippen molar-refractivity contribution in [2.75, 3.05) is 0 Å². The van der Waals surface area contributed by atoms with Crippen molar-refractivity contribution in [1.29, 1.82) is 0 Å². The van der Waals surface area contributed by atoms with E-state index in [1.165, 1.54) is 12.0 Å². The highest BCUT2D eigenvalue weighted by atomic mass is 16.3. The molecule has 0 radical (unpaired) electrons. The molecule has 2 aliphatic carbocycles. The van der Waals surface area contributed by atoms with Gasteiger partial charge >= 0.3 is 0 Å². The monoisotopic (exact) mass is 166 g/mol. The van der Waals surface area contributed by atoms with Crippen LogP contribution in [0.5, 0.6) is 0 Å². The first kappa shape index (κ1) is 8.31. The van der Waals surface area contributed by atoms with Crippen molar-refractivity contribution in [2.24, 2.45) is 17.3 Å². The second-order valence-electron chi connectivity index (χ2n) is 5.22. The van der Waals surface area contributed by atoms with Crippen LogP contribution in [-0.2, 0) is 0 Å². The molecule has 2 fully saturated rings. The Labute approximate surface area is 74.5 Å². The summed E-state index contributed by atoms with van der Waals surface area (Å²) in [4.78, 5) is 0. The van der Waals surface area contributed by atoms with Crippen LogP contribution in [-0.4, -0.2) is 11.2 Å². The van der Waals surface area contributed by atoms with E-state index in [4.69, 9.17) is 0 Å². The maximum absolute atomic E-state index is 10.0. The zero-order valence-electron chi connectivity index (χ0n) is 8.01. The molecule has 1 heteroatoms. The number of aliphatic hydroxyl groups is 1. The summed E-state index contributed by atoms with van der Waals surface area (Å²) in [5, 5.41) is 10.0. The summed E-state index contributed by atoms with van der Waals surface area (Å²) in [6.07, 6.45) is 3.31. The van der Waals surface area contributed by atoms with Gasteiger partial charge in [-0.3, -0.25) is 0 Å². The fraction of sp³-hybridized carbons (Fsp3) is 0.818. The maximum Gasteiger partial charge on any atom is 0.0625 e. The van der Waals surface area contributed by atoms with Crippen LogP contribution in [0.2, 0.25) is 0 Å². The van der Waals surface area contributed by atoms with Crippen LogP contribution in [0.3, 0.4) is 0 Å². The average Bonchev–Trinajstić information content (AvgIpc) is 2.35. The lowest BCUT2D eigenvalue weighted by Crippen LogP contribution is -2.27. The molecule has 0 heterocycles. The maximum atomic E-state index is 10.0. The lowest BCUT2D eigenvalue weighted by molar-refractivity contribution is 0.0464. The molecule has 0 spiro atoms. The van der Waals surface area contributed by atoms with E-state index in [1.54, 1.807) is 0 Å². The van der Waals surface area contributed by atoms with Gasteiger partial charge in [0.15, 0.2) is 0 Å². The minimum atomic E-state index is -0.0956. The van der Waals surface area contributed by atoms with E-state index in [0.29, 0.717) is 5.92 Å². The zero-order valence-corrected chi connectivity index (χ0v) is 8.01. The van der Waals surface area contributed by atoms with E-state index in [-0.39, 0.29) is 11.5 Å². The number of rotatable bonds is 0. The fourth-order valence-corrected chi connectivity index (χ4v) is 3.07. The minimum absolute atomic E-state index is 0.0956. The van der Waals surface area contributed by atoms with Gasteiger partial charge in [-0.1, -0.05) is 26.0 Å². The van der Waals surface area contributed by atoms with Gasteiger partial charge in [0.1, 0.15) is 0 Å². The summed E-state index contributed by atoms with van der Waals surface area (Å²) in [5.74, 6) is 1.25. The van der Waals surface area contributed by atoms with Crippen molar-refractivity contribution in [1.82, 2.24) is 0 Å². The molecule has 0 aromatic carbocycles. The number of aliphatic hydroxyl groups excluding tert-OH is 1. The Morgan fingerprint density at radius 1 is 1.42 bits per heavy atom. The second-order valence-corrected chi connectivity index (χ2v) is 5.22. The van der Waals surface area contributed by atoms with E-state index in [0.717, 1.165) is 18.8 Å². The molecule has 1 N–H and O–H groups in total. The molecule has 0 bridgehead atoms. The Morgan fingerprint density at radius 2 is 2.08 bits per heavy atom. The highest BCUT2D eigenvalue weighted by Crippen LogP contribution is 2.53. The first-order valence-electron chi connectivity index (χ1n) is 4.85. The van der Waals surface area contributed by atoms with Gasteiger partial charge in [0.05, 0.1) is 6.10 Å². The Kier molecular flexibility index (Phi) is 1.63. The number of hydrogen-bond donors (Lipinski definition) is 1. The van der Waals surface area contributed by atoms with Crippen molar-refractivity contribution in [2.45, 2.75) is 39.2 Å². The summed E-state index contributed by atoms with van der Waals surface area (Å²) in [7, 11) is 0. The molecule has 3 atom stereocenters.